The first-order valence-electron chi connectivity index (χ1n) is 6.43. The van der Waals surface area contributed by atoms with Gasteiger partial charge in [-0.2, -0.15) is 0 Å². The fourth-order valence-corrected chi connectivity index (χ4v) is 4.11. The lowest BCUT2D eigenvalue weighted by Gasteiger charge is -2.05. The third kappa shape index (κ3) is 3.55. The Hall–Kier alpha value is -1.70. The molecule has 0 aliphatic heterocycles. The molecule has 0 radical (unpaired) electrons. The fourth-order valence-electron chi connectivity index (χ4n) is 1.84. The van der Waals surface area contributed by atoms with Crippen molar-refractivity contribution in [3.63, 3.8) is 0 Å². The molecule has 0 saturated heterocycles. The van der Waals surface area contributed by atoms with Crippen LogP contribution in [-0.2, 0) is 16.4 Å². The monoisotopic (exact) mass is 351 g/mol. The summed E-state index contributed by atoms with van der Waals surface area (Å²) >= 11 is 3.22. The number of thiazole rings is 1. The second-order valence-electron chi connectivity index (χ2n) is 4.66. The highest BCUT2D eigenvalue weighted by atomic mass is 32.2. The van der Waals surface area contributed by atoms with Crippen LogP contribution in [0.3, 0.4) is 0 Å². The second-order valence-corrected chi connectivity index (χ2v) is 8.48. The molecule has 3 rings (SSSR count). The zero-order valence-electron chi connectivity index (χ0n) is 11.7. The first kappa shape index (κ1) is 15.2. The van der Waals surface area contributed by atoms with Crippen molar-refractivity contribution in [3.05, 3.63) is 52.9 Å². The molecular weight excluding hydrogens is 338 g/mol. The maximum atomic E-state index is 11.5. The molecule has 0 aliphatic carbocycles. The summed E-state index contributed by atoms with van der Waals surface area (Å²) in [6.45, 7) is 0.315. The maximum absolute atomic E-state index is 11.5. The average Bonchev–Trinajstić information content (AvgIpc) is 3.15. The molecule has 22 heavy (non-hydrogen) atoms. The van der Waals surface area contributed by atoms with Crippen LogP contribution in [0.15, 0.2) is 52.1 Å². The minimum Gasteiger partial charge on any atom is -0.487 e. The van der Waals surface area contributed by atoms with E-state index in [1.54, 1.807) is 40.9 Å². The molecule has 2 heterocycles. The summed E-state index contributed by atoms with van der Waals surface area (Å²) in [5, 5.41) is 4.94. The van der Waals surface area contributed by atoms with E-state index in [1.165, 1.54) is 12.3 Å². The summed E-state index contributed by atoms with van der Waals surface area (Å²) in [6, 6.07) is 10.5. The first-order valence-corrected chi connectivity index (χ1v) is 10.1. The van der Waals surface area contributed by atoms with E-state index in [0.29, 0.717) is 12.4 Å². The Morgan fingerprint density at radius 3 is 2.77 bits per heavy atom. The lowest BCUT2D eigenvalue weighted by Crippen LogP contribution is -1.99. The number of ether oxygens (including phenoxy) is 1. The Balaban J connectivity index is 1.71. The van der Waals surface area contributed by atoms with E-state index in [4.69, 9.17) is 4.74 Å². The van der Waals surface area contributed by atoms with Gasteiger partial charge >= 0.3 is 0 Å². The number of aromatic nitrogens is 1. The summed E-state index contributed by atoms with van der Waals surface area (Å²) < 4.78 is 28.7. The van der Waals surface area contributed by atoms with Crippen LogP contribution < -0.4 is 4.74 Å². The van der Waals surface area contributed by atoms with E-state index in [2.05, 4.69) is 4.98 Å². The van der Waals surface area contributed by atoms with Crippen molar-refractivity contribution in [2.75, 3.05) is 6.26 Å². The van der Waals surface area contributed by atoms with Gasteiger partial charge in [0, 0.05) is 11.6 Å². The molecule has 0 unspecified atom stereocenters. The van der Waals surface area contributed by atoms with Crippen molar-refractivity contribution in [2.45, 2.75) is 11.5 Å². The third-order valence-corrected chi connectivity index (χ3v) is 5.94. The molecule has 0 amide bonds. The minimum atomic E-state index is -3.23. The Morgan fingerprint density at radius 2 is 2.05 bits per heavy atom. The number of thiophene rings is 1. The van der Waals surface area contributed by atoms with Gasteiger partial charge in [0.2, 0.25) is 0 Å². The molecule has 0 bridgehead atoms. The van der Waals surface area contributed by atoms with Crippen LogP contribution >= 0.6 is 22.7 Å². The predicted octanol–water partition coefficient (Wildman–Crippen LogP) is 3.85. The standard InChI is InChI=1S/C15H13NO3S3/c1-22(17,18)13-5-2-4-12(8-13)19-9-11-10-21-15(16-11)14-6-3-7-20-14/h2-8,10H,9H2,1H3. The van der Waals surface area contributed by atoms with Crippen molar-refractivity contribution in [3.8, 4) is 15.6 Å². The normalized spacial score (nSPS) is 11.5. The van der Waals surface area contributed by atoms with Crippen LogP contribution in [0.25, 0.3) is 9.88 Å². The summed E-state index contributed by atoms with van der Waals surface area (Å²) in [4.78, 5) is 5.91. The summed E-state index contributed by atoms with van der Waals surface area (Å²) in [6.07, 6.45) is 1.18. The van der Waals surface area contributed by atoms with E-state index in [9.17, 15) is 8.42 Å². The van der Waals surface area contributed by atoms with Gasteiger partial charge in [-0.05, 0) is 29.6 Å². The zero-order chi connectivity index (χ0) is 15.6. The smallest absolute Gasteiger partial charge is 0.175 e. The molecule has 114 valence electrons. The molecule has 0 atom stereocenters. The molecule has 0 aliphatic rings. The number of sulfone groups is 1. The van der Waals surface area contributed by atoms with Gasteiger partial charge in [0.05, 0.1) is 15.5 Å². The highest BCUT2D eigenvalue weighted by Crippen LogP contribution is 2.28. The molecule has 0 N–H and O–H groups in total. The van der Waals surface area contributed by atoms with Crippen LogP contribution in [-0.4, -0.2) is 19.7 Å². The highest BCUT2D eigenvalue weighted by Gasteiger charge is 2.09. The van der Waals surface area contributed by atoms with Crippen molar-refractivity contribution in [1.82, 2.24) is 4.98 Å². The van der Waals surface area contributed by atoms with E-state index in [1.807, 2.05) is 22.9 Å². The molecule has 3 aromatic rings. The number of hydrogen-bond donors (Lipinski definition) is 0. The molecule has 0 saturated carbocycles. The van der Waals surface area contributed by atoms with Gasteiger partial charge in [-0.3, -0.25) is 0 Å². The maximum Gasteiger partial charge on any atom is 0.175 e. The molecule has 0 fully saturated rings. The van der Waals surface area contributed by atoms with E-state index in [0.717, 1.165) is 15.6 Å². The van der Waals surface area contributed by atoms with Crippen molar-refractivity contribution in [2.24, 2.45) is 0 Å². The van der Waals surface area contributed by atoms with Gasteiger partial charge in [-0.15, -0.1) is 22.7 Å². The lowest BCUT2D eigenvalue weighted by molar-refractivity contribution is 0.301. The minimum absolute atomic E-state index is 0.252. The fraction of sp³-hybridized carbons (Fsp3) is 0.133. The predicted molar refractivity (Wildman–Crippen MR) is 89.3 cm³/mol. The van der Waals surface area contributed by atoms with Crippen molar-refractivity contribution >= 4 is 32.5 Å². The van der Waals surface area contributed by atoms with E-state index in [-0.39, 0.29) is 4.90 Å². The number of rotatable bonds is 5. The van der Waals surface area contributed by atoms with Gasteiger partial charge < -0.3 is 4.74 Å². The largest absolute Gasteiger partial charge is 0.487 e. The molecule has 2 aromatic heterocycles. The Morgan fingerprint density at radius 1 is 1.18 bits per heavy atom. The van der Waals surface area contributed by atoms with Gasteiger partial charge in [-0.1, -0.05) is 12.1 Å². The van der Waals surface area contributed by atoms with E-state index < -0.39 is 9.84 Å². The molecule has 7 heteroatoms. The Kier molecular flexibility index (Phi) is 4.28. The summed E-state index contributed by atoms with van der Waals surface area (Å²) in [7, 11) is -3.23. The van der Waals surface area contributed by atoms with Crippen LogP contribution in [0.4, 0.5) is 0 Å². The summed E-state index contributed by atoms with van der Waals surface area (Å²) in [5.41, 5.74) is 0.832. The average molecular weight is 351 g/mol. The molecule has 4 nitrogen and oxygen atoms in total. The van der Waals surface area contributed by atoms with Crippen LogP contribution in [0.5, 0.6) is 5.75 Å². The Bertz CT molecular complexity index is 867. The van der Waals surface area contributed by atoms with Crippen LogP contribution in [0, 0.1) is 0 Å². The van der Waals surface area contributed by atoms with Gasteiger partial charge in [0.15, 0.2) is 9.84 Å². The van der Waals surface area contributed by atoms with Crippen molar-refractivity contribution < 1.29 is 13.2 Å². The SMILES string of the molecule is CS(=O)(=O)c1cccc(OCc2csc(-c3cccs3)n2)c1. The molecule has 0 spiro atoms. The van der Waals surface area contributed by atoms with Gasteiger partial charge in [-0.25, -0.2) is 13.4 Å². The topological polar surface area (TPSA) is 56.3 Å². The first-order chi connectivity index (χ1) is 10.5. The lowest BCUT2D eigenvalue weighted by atomic mass is 10.3. The third-order valence-electron chi connectivity index (χ3n) is 2.90. The number of nitrogens with zero attached hydrogens (tertiary/aromatic N) is 1. The number of benzene rings is 1. The summed E-state index contributed by atoms with van der Waals surface area (Å²) in [5.74, 6) is 0.522. The zero-order valence-corrected chi connectivity index (χ0v) is 14.2. The number of hydrogen-bond acceptors (Lipinski definition) is 6. The highest BCUT2D eigenvalue weighted by molar-refractivity contribution is 7.90. The second kappa shape index (κ2) is 6.20. The van der Waals surface area contributed by atoms with Crippen LogP contribution in [0.2, 0.25) is 0 Å². The van der Waals surface area contributed by atoms with E-state index >= 15 is 0 Å². The van der Waals surface area contributed by atoms with Gasteiger partial charge in [0.25, 0.3) is 0 Å². The van der Waals surface area contributed by atoms with Crippen LogP contribution in [0.1, 0.15) is 5.69 Å². The van der Waals surface area contributed by atoms with Gasteiger partial charge in [0.1, 0.15) is 17.4 Å². The molecular formula is C15H13NO3S3. The van der Waals surface area contributed by atoms with Crippen molar-refractivity contribution in [1.29, 1.82) is 0 Å². The molecule has 1 aromatic carbocycles. The quantitative estimate of drug-likeness (QED) is 0.700. The Labute approximate surface area is 137 Å².